The smallest absolute Gasteiger partial charge is 0.472 e. The quantitative estimate of drug-likeness (QED) is 0.0147. The molecule has 0 radical (unpaired) electrons. The number of rotatable bonds is 38. The maximum absolute atomic E-state index is 12.8. The average molecular weight is 910 g/mol. The summed E-state index contributed by atoms with van der Waals surface area (Å²) in [5, 5.41) is 40.3. The fourth-order valence-corrected chi connectivity index (χ4v) is 7.67. The van der Waals surface area contributed by atoms with Crippen molar-refractivity contribution in [3.05, 3.63) is 72.9 Å². The minimum atomic E-state index is -4.79. The monoisotopic (exact) mass is 910 g/mol. The normalized spacial score (nSPS) is 20.7. The second kappa shape index (κ2) is 37.1. The van der Waals surface area contributed by atoms with Crippen LogP contribution in [0.4, 0.5) is 0 Å². The SMILES string of the molecule is CC/C=C\C/C=C\C/C=C\C/C=C\C/C=C\CCCCCC(=O)OC[C@H](COP(=O)(O)OC[C@H](N)C(=O)O)OC(=O)CCCCCC[C@@H]1[C@@H](/C=C/[C@@H](O)CCCCC)[C@H](O)C[C@@H]1O. The molecular weight excluding hydrogens is 829 g/mol. The Hall–Kier alpha value is -3.20. The third kappa shape index (κ3) is 31.3. The standard InChI is InChI=1S/C48H80NO13P/c1-3-5-7-8-9-10-11-12-13-14-15-16-17-18-19-20-21-22-27-31-46(53)59-36-40(37-60-63(57,58)61-38-43(49)48(55)56)62-47(54)32-28-24-23-26-30-41-42(45(52)35-44(41)51)34-33-39(50)29-25-6-4-2/h5,7,9-10,12-13,15-16,18-19,33-34,39-45,50-52H,3-4,6,8,11,14,17,20-32,35-38,49H2,1-2H3,(H,55,56)(H,57,58)/b7-5-,10-9-,13-12-,16-15-,19-18-,34-33+/t39-,40+,41+,42+,43-,44-,45+/m0/s1. The zero-order chi connectivity index (χ0) is 46.6. The molecular formula is C48H80NO13P. The lowest BCUT2D eigenvalue weighted by atomic mass is 9.88. The van der Waals surface area contributed by atoms with Crippen molar-refractivity contribution in [2.24, 2.45) is 17.6 Å². The van der Waals surface area contributed by atoms with Gasteiger partial charge in [-0.3, -0.25) is 23.4 Å². The molecule has 1 unspecified atom stereocenters. The summed E-state index contributed by atoms with van der Waals surface area (Å²) in [4.78, 5) is 46.3. The highest BCUT2D eigenvalue weighted by atomic mass is 31.2. The van der Waals surface area contributed by atoms with Gasteiger partial charge in [-0.25, -0.2) is 4.57 Å². The van der Waals surface area contributed by atoms with Crippen molar-refractivity contribution in [2.45, 2.75) is 179 Å². The summed E-state index contributed by atoms with van der Waals surface area (Å²) in [6.07, 6.45) is 37.4. The number of phosphoric ester groups is 1. The van der Waals surface area contributed by atoms with Crippen LogP contribution in [0.1, 0.15) is 149 Å². The van der Waals surface area contributed by atoms with E-state index in [9.17, 15) is 39.2 Å². The lowest BCUT2D eigenvalue weighted by Crippen LogP contribution is -2.34. The van der Waals surface area contributed by atoms with Crippen molar-refractivity contribution in [3.63, 3.8) is 0 Å². The van der Waals surface area contributed by atoms with Crippen LogP contribution >= 0.6 is 7.82 Å². The van der Waals surface area contributed by atoms with Gasteiger partial charge in [0.25, 0.3) is 0 Å². The van der Waals surface area contributed by atoms with Crippen molar-refractivity contribution in [3.8, 4) is 0 Å². The first-order valence-electron chi connectivity index (χ1n) is 23.2. The average Bonchev–Trinajstić information content (AvgIpc) is 3.52. The number of allylic oxidation sites excluding steroid dienone is 10. The molecule has 0 spiro atoms. The minimum absolute atomic E-state index is 0.0230. The van der Waals surface area contributed by atoms with Gasteiger partial charge in [0.05, 0.1) is 31.5 Å². The van der Waals surface area contributed by atoms with E-state index >= 15 is 0 Å². The van der Waals surface area contributed by atoms with E-state index in [1.807, 2.05) is 6.08 Å². The Balaban J connectivity index is 2.47. The van der Waals surface area contributed by atoms with Gasteiger partial charge in [0, 0.05) is 25.2 Å². The molecule has 0 aromatic carbocycles. The van der Waals surface area contributed by atoms with Crippen molar-refractivity contribution in [1.29, 1.82) is 0 Å². The van der Waals surface area contributed by atoms with Gasteiger partial charge >= 0.3 is 25.7 Å². The van der Waals surface area contributed by atoms with E-state index in [-0.39, 0.29) is 31.1 Å². The Morgan fingerprint density at radius 1 is 0.714 bits per heavy atom. The predicted octanol–water partition coefficient (Wildman–Crippen LogP) is 8.88. The van der Waals surface area contributed by atoms with Gasteiger partial charge in [0.2, 0.25) is 0 Å². The van der Waals surface area contributed by atoms with Gasteiger partial charge in [0.1, 0.15) is 12.6 Å². The first-order valence-corrected chi connectivity index (χ1v) is 24.7. The van der Waals surface area contributed by atoms with E-state index in [2.05, 4.69) is 79.1 Å². The van der Waals surface area contributed by atoms with Crippen LogP contribution in [0, 0.1) is 11.8 Å². The number of carboxylic acid groups (broad SMARTS) is 1. The molecule has 63 heavy (non-hydrogen) atoms. The van der Waals surface area contributed by atoms with Crippen molar-refractivity contribution < 1.29 is 62.8 Å². The number of aliphatic hydroxyl groups is 3. The van der Waals surface area contributed by atoms with Crippen molar-refractivity contribution >= 4 is 25.7 Å². The molecule has 0 aliphatic heterocycles. The number of phosphoric acid groups is 1. The van der Waals surface area contributed by atoms with Crippen LogP contribution in [-0.2, 0) is 37.5 Å². The second-order valence-electron chi connectivity index (χ2n) is 16.1. The number of esters is 2. The molecule has 8 atom stereocenters. The van der Waals surface area contributed by atoms with E-state index < -0.39 is 76.0 Å². The summed E-state index contributed by atoms with van der Waals surface area (Å²) >= 11 is 0. The van der Waals surface area contributed by atoms with E-state index in [0.717, 1.165) is 83.5 Å². The number of unbranched alkanes of at least 4 members (excludes halogenated alkanes) is 8. The molecule has 0 bridgehead atoms. The minimum Gasteiger partial charge on any atom is -0.480 e. The van der Waals surface area contributed by atoms with E-state index in [0.29, 0.717) is 32.1 Å². The molecule has 1 aliphatic carbocycles. The molecule has 14 nitrogen and oxygen atoms in total. The fraction of sp³-hybridized carbons (Fsp3) is 0.688. The number of nitrogens with two attached hydrogens (primary N) is 1. The molecule has 1 fully saturated rings. The Morgan fingerprint density at radius 2 is 1.29 bits per heavy atom. The van der Waals surface area contributed by atoms with Crippen LogP contribution in [0.15, 0.2) is 72.9 Å². The van der Waals surface area contributed by atoms with Gasteiger partial charge in [-0.05, 0) is 76.5 Å². The van der Waals surface area contributed by atoms with Gasteiger partial charge in [0.15, 0.2) is 6.10 Å². The van der Waals surface area contributed by atoms with Crippen LogP contribution in [-0.4, -0.2) is 93.5 Å². The summed E-state index contributed by atoms with van der Waals surface area (Å²) in [5.41, 5.74) is 5.34. The zero-order valence-electron chi connectivity index (χ0n) is 38.0. The molecule has 7 N–H and O–H groups in total. The predicted molar refractivity (Wildman–Crippen MR) is 246 cm³/mol. The number of carbonyl (C=O) groups excluding carboxylic acids is 2. The Labute approximate surface area is 377 Å². The molecule has 360 valence electrons. The number of carbonyl (C=O) groups is 3. The number of aliphatic hydroxyl groups excluding tert-OH is 3. The lowest BCUT2D eigenvalue weighted by molar-refractivity contribution is -0.161. The molecule has 1 saturated carbocycles. The fourth-order valence-electron chi connectivity index (χ4n) is 6.89. The van der Waals surface area contributed by atoms with Gasteiger partial charge < -0.3 is 40.5 Å². The number of ether oxygens (including phenoxy) is 2. The Morgan fingerprint density at radius 3 is 1.90 bits per heavy atom. The summed E-state index contributed by atoms with van der Waals surface area (Å²) in [7, 11) is -4.79. The van der Waals surface area contributed by atoms with Gasteiger partial charge in [-0.2, -0.15) is 0 Å². The summed E-state index contributed by atoms with van der Waals surface area (Å²) in [5.74, 6) is -2.97. The van der Waals surface area contributed by atoms with Crippen molar-refractivity contribution in [1.82, 2.24) is 0 Å². The third-order valence-electron chi connectivity index (χ3n) is 10.5. The second-order valence-corrected chi connectivity index (χ2v) is 17.6. The van der Waals surface area contributed by atoms with E-state index in [1.165, 1.54) is 0 Å². The molecule has 1 rings (SSSR count). The largest absolute Gasteiger partial charge is 0.480 e. The molecule has 0 aromatic rings. The molecule has 0 heterocycles. The van der Waals surface area contributed by atoms with Crippen LogP contribution in [0.3, 0.4) is 0 Å². The van der Waals surface area contributed by atoms with Crippen LogP contribution in [0.5, 0.6) is 0 Å². The maximum atomic E-state index is 12.8. The Kier molecular flexibility index (Phi) is 34.0. The van der Waals surface area contributed by atoms with Gasteiger partial charge in [-0.15, -0.1) is 0 Å². The lowest BCUT2D eigenvalue weighted by Gasteiger charge is -2.21. The van der Waals surface area contributed by atoms with E-state index in [4.69, 9.17) is 24.8 Å². The van der Waals surface area contributed by atoms with Crippen LogP contribution in [0.2, 0.25) is 0 Å². The molecule has 1 aliphatic rings. The van der Waals surface area contributed by atoms with Crippen LogP contribution < -0.4 is 5.73 Å². The molecule has 0 amide bonds. The number of hydrogen-bond donors (Lipinski definition) is 6. The number of aliphatic carboxylic acids is 1. The third-order valence-corrected chi connectivity index (χ3v) is 11.5. The highest BCUT2D eigenvalue weighted by molar-refractivity contribution is 7.47. The Bertz CT molecular complexity index is 1460. The van der Waals surface area contributed by atoms with Crippen LogP contribution in [0.25, 0.3) is 0 Å². The summed E-state index contributed by atoms with van der Waals surface area (Å²) < 4.78 is 32.7. The molecule has 0 saturated heterocycles. The molecule has 0 aromatic heterocycles. The maximum Gasteiger partial charge on any atom is 0.472 e. The highest BCUT2D eigenvalue weighted by Crippen LogP contribution is 2.43. The van der Waals surface area contributed by atoms with Crippen molar-refractivity contribution in [2.75, 3.05) is 19.8 Å². The highest BCUT2D eigenvalue weighted by Gasteiger charge is 2.39. The topological polar surface area (TPSA) is 232 Å². The number of carboxylic acids is 1. The summed E-state index contributed by atoms with van der Waals surface area (Å²) in [6.45, 7) is 2.33. The number of hydrogen-bond acceptors (Lipinski definition) is 12. The van der Waals surface area contributed by atoms with E-state index in [1.54, 1.807) is 6.08 Å². The first kappa shape index (κ1) is 57.8. The zero-order valence-corrected chi connectivity index (χ0v) is 38.9. The first-order chi connectivity index (χ1) is 30.3. The summed E-state index contributed by atoms with van der Waals surface area (Å²) in [6, 6.07) is -1.57. The van der Waals surface area contributed by atoms with Gasteiger partial charge in [-0.1, -0.05) is 132 Å². The molecule has 15 heteroatoms.